The van der Waals surface area contributed by atoms with Gasteiger partial charge in [0.25, 0.3) is 0 Å². The highest BCUT2D eigenvalue weighted by molar-refractivity contribution is 6.70. The number of rotatable bonds is 2. The molecule has 3 fully saturated rings. The minimum atomic E-state index is -1.53. The molecule has 0 saturated heterocycles. The second-order valence-electron chi connectivity index (χ2n) is 11.1. The predicted octanol–water partition coefficient (Wildman–Crippen LogP) is 5.74. The average Bonchev–Trinajstić information content (AvgIpc) is 2.81. The maximum absolute atomic E-state index is 10.5. The molecular weight excluding hydrogens is 324 g/mol. The summed E-state index contributed by atoms with van der Waals surface area (Å²) >= 11 is 0. The van der Waals surface area contributed by atoms with Crippen LogP contribution in [0.2, 0.25) is 19.6 Å². The van der Waals surface area contributed by atoms with E-state index in [0.29, 0.717) is 5.41 Å². The van der Waals surface area contributed by atoms with Crippen molar-refractivity contribution in [3.05, 3.63) is 11.8 Å². The fourth-order valence-corrected chi connectivity index (χ4v) is 8.07. The van der Waals surface area contributed by atoms with E-state index >= 15 is 0 Å². The molecule has 0 aliphatic heterocycles. The van der Waals surface area contributed by atoms with E-state index < -0.39 is 13.9 Å². The number of allylic oxidation sites excluding steroid dienone is 2. The van der Waals surface area contributed by atoms with Crippen LogP contribution in [0.4, 0.5) is 0 Å². The predicted molar refractivity (Wildman–Crippen MR) is 106 cm³/mol. The highest BCUT2D eigenvalue weighted by Crippen LogP contribution is 2.63. The molecule has 7 atom stereocenters. The Morgan fingerprint density at radius 3 is 2.44 bits per heavy atom. The Hall–Kier alpha value is -0.283. The summed E-state index contributed by atoms with van der Waals surface area (Å²) in [6, 6.07) is 0. The average molecular weight is 363 g/mol. The third-order valence-corrected chi connectivity index (χ3v) is 9.00. The van der Waals surface area contributed by atoms with E-state index in [-0.39, 0.29) is 0 Å². The van der Waals surface area contributed by atoms with Crippen molar-refractivity contribution in [1.82, 2.24) is 0 Å². The van der Waals surface area contributed by atoms with Gasteiger partial charge < -0.3 is 9.53 Å². The molecule has 142 valence electrons. The van der Waals surface area contributed by atoms with Crippen LogP contribution < -0.4 is 0 Å². The fraction of sp³-hybridized carbons (Fsp3) is 0.909. The molecule has 0 amide bonds. The lowest BCUT2D eigenvalue weighted by Gasteiger charge is -2.56. The van der Waals surface area contributed by atoms with E-state index in [2.05, 4.69) is 39.6 Å². The van der Waals surface area contributed by atoms with Gasteiger partial charge in [0.2, 0.25) is 8.32 Å². The van der Waals surface area contributed by atoms with Gasteiger partial charge >= 0.3 is 0 Å². The van der Waals surface area contributed by atoms with Crippen LogP contribution in [0.25, 0.3) is 0 Å². The Labute approximate surface area is 155 Å². The molecule has 2 nitrogen and oxygen atoms in total. The first-order chi connectivity index (χ1) is 11.6. The number of hydrogen-bond acceptors (Lipinski definition) is 2. The van der Waals surface area contributed by atoms with Crippen LogP contribution >= 0.6 is 0 Å². The molecule has 0 aromatic heterocycles. The summed E-state index contributed by atoms with van der Waals surface area (Å²) in [4.78, 5) is 0. The van der Waals surface area contributed by atoms with Crippen molar-refractivity contribution < 1.29 is 9.53 Å². The molecule has 0 unspecified atom stereocenters. The Bertz CT molecular complexity index is 561. The van der Waals surface area contributed by atoms with Crippen LogP contribution in [-0.2, 0) is 4.43 Å². The van der Waals surface area contributed by atoms with Crippen LogP contribution in [0.15, 0.2) is 11.8 Å². The first-order valence-electron chi connectivity index (χ1n) is 10.7. The molecule has 0 aromatic carbocycles. The zero-order valence-electron chi connectivity index (χ0n) is 17.0. The van der Waals surface area contributed by atoms with E-state index in [1.807, 2.05) is 0 Å². The van der Waals surface area contributed by atoms with Gasteiger partial charge in [0.1, 0.15) is 0 Å². The molecule has 0 radical (unpaired) electrons. The quantitative estimate of drug-likeness (QED) is 0.635. The lowest BCUT2D eigenvalue weighted by Crippen LogP contribution is -2.50. The lowest BCUT2D eigenvalue weighted by molar-refractivity contribution is -0.0942. The van der Waals surface area contributed by atoms with Crippen molar-refractivity contribution in [2.24, 2.45) is 35.0 Å². The van der Waals surface area contributed by atoms with E-state index in [1.165, 1.54) is 44.3 Å². The van der Waals surface area contributed by atoms with E-state index in [9.17, 15) is 5.11 Å². The first-order valence-corrected chi connectivity index (χ1v) is 14.1. The van der Waals surface area contributed by atoms with Crippen molar-refractivity contribution in [3.8, 4) is 0 Å². The molecule has 0 heterocycles. The van der Waals surface area contributed by atoms with Gasteiger partial charge in [0.15, 0.2) is 0 Å². The second kappa shape index (κ2) is 5.86. The van der Waals surface area contributed by atoms with Crippen LogP contribution in [0.3, 0.4) is 0 Å². The van der Waals surface area contributed by atoms with Gasteiger partial charge in [-0.2, -0.15) is 0 Å². The third kappa shape index (κ3) is 3.14. The van der Waals surface area contributed by atoms with Gasteiger partial charge in [0.05, 0.1) is 11.4 Å². The minimum absolute atomic E-state index is 0.300. The topological polar surface area (TPSA) is 29.5 Å². The Morgan fingerprint density at radius 2 is 1.72 bits per heavy atom. The van der Waals surface area contributed by atoms with Gasteiger partial charge in [-0.1, -0.05) is 6.92 Å². The van der Waals surface area contributed by atoms with Crippen molar-refractivity contribution in [1.29, 1.82) is 0 Å². The smallest absolute Gasteiger partial charge is 0.241 e. The third-order valence-electron chi connectivity index (χ3n) is 8.16. The molecule has 1 N–H and O–H groups in total. The molecule has 3 heteroatoms. The molecule has 4 aliphatic rings. The van der Waals surface area contributed by atoms with Crippen molar-refractivity contribution in [2.45, 2.75) is 90.5 Å². The highest BCUT2D eigenvalue weighted by atomic mass is 28.4. The standard InChI is InChI=1S/C22H38O2Si/c1-21(23)12-10-16-15(14-21)6-7-18-17(16)11-13-22(2)19(18)8-9-20(22)24-25(3,4)5/h9,15-19,23H,6-8,10-14H2,1-5H3/t15-,16+,17-,18-,19+,21-,22+/m1/s1. The molecule has 3 saturated carbocycles. The van der Waals surface area contributed by atoms with Gasteiger partial charge in [-0.3, -0.25) is 0 Å². The SMILES string of the molecule is C[C@@]1(O)CC[C@H]2[C@H](CC[C@@H]3[C@@H]2CC[C@]2(C)C(O[Si](C)(C)C)=CC[C@@H]32)C1. The summed E-state index contributed by atoms with van der Waals surface area (Å²) in [5.74, 6) is 5.62. The molecule has 4 aliphatic carbocycles. The highest BCUT2D eigenvalue weighted by Gasteiger charge is 2.56. The minimum Gasteiger partial charge on any atom is -0.547 e. The molecule has 25 heavy (non-hydrogen) atoms. The summed E-state index contributed by atoms with van der Waals surface area (Å²) in [6.45, 7) is 11.5. The molecular formula is C22H38O2Si. The Balaban J connectivity index is 1.52. The van der Waals surface area contributed by atoms with E-state index in [4.69, 9.17) is 4.43 Å². The monoisotopic (exact) mass is 362 g/mol. The first kappa shape index (κ1) is 18.1. The maximum Gasteiger partial charge on any atom is 0.241 e. The summed E-state index contributed by atoms with van der Waals surface area (Å²) in [5.41, 5.74) is -0.0983. The van der Waals surface area contributed by atoms with Gasteiger partial charge in [0, 0.05) is 5.41 Å². The summed E-state index contributed by atoms with van der Waals surface area (Å²) in [6.07, 6.45) is 12.5. The maximum atomic E-state index is 10.5. The number of aliphatic hydroxyl groups is 1. The Kier molecular flexibility index (Phi) is 4.24. The molecule has 0 spiro atoms. The van der Waals surface area contributed by atoms with Crippen LogP contribution in [-0.4, -0.2) is 19.0 Å². The normalized spacial score (nSPS) is 49.7. The van der Waals surface area contributed by atoms with Crippen molar-refractivity contribution in [3.63, 3.8) is 0 Å². The fourth-order valence-electron chi connectivity index (χ4n) is 7.10. The second-order valence-corrected chi connectivity index (χ2v) is 15.6. The number of fused-ring (bicyclic) bond motifs is 5. The summed E-state index contributed by atoms with van der Waals surface area (Å²) in [5, 5.41) is 10.5. The van der Waals surface area contributed by atoms with Crippen molar-refractivity contribution >= 4 is 8.32 Å². The van der Waals surface area contributed by atoms with Gasteiger partial charge in [-0.15, -0.1) is 0 Å². The molecule has 0 bridgehead atoms. The largest absolute Gasteiger partial charge is 0.547 e. The lowest BCUT2D eigenvalue weighted by atomic mass is 9.49. The van der Waals surface area contributed by atoms with Gasteiger partial charge in [-0.25, -0.2) is 0 Å². The zero-order chi connectivity index (χ0) is 18.0. The van der Waals surface area contributed by atoms with Crippen LogP contribution in [0.1, 0.15) is 65.2 Å². The molecule has 4 rings (SSSR count). The van der Waals surface area contributed by atoms with E-state index in [0.717, 1.165) is 42.4 Å². The molecule has 0 aromatic rings. The van der Waals surface area contributed by atoms with Crippen LogP contribution in [0, 0.1) is 35.0 Å². The summed E-state index contributed by atoms with van der Waals surface area (Å²) < 4.78 is 6.55. The van der Waals surface area contributed by atoms with Crippen LogP contribution in [0.5, 0.6) is 0 Å². The Morgan fingerprint density at radius 1 is 1.00 bits per heavy atom. The number of hydrogen-bond donors (Lipinski definition) is 1. The van der Waals surface area contributed by atoms with E-state index in [1.54, 1.807) is 0 Å². The summed E-state index contributed by atoms with van der Waals surface area (Å²) in [7, 11) is -1.53. The zero-order valence-corrected chi connectivity index (χ0v) is 18.0. The van der Waals surface area contributed by atoms with Crippen molar-refractivity contribution in [2.75, 3.05) is 0 Å². The van der Waals surface area contributed by atoms with Gasteiger partial charge in [-0.05, 0) is 114 Å².